The number of ketones is 1. The number of fused-ring (bicyclic) bond motifs is 1. The number of benzene rings is 1. The summed E-state index contributed by atoms with van der Waals surface area (Å²) in [6, 6.07) is 4.02. The Kier molecular flexibility index (Phi) is 3.98. The van der Waals surface area contributed by atoms with Gasteiger partial charge in [0.2, 0.25) is 0 Å². The van der Waals surface area contributed by atoms with E-state index in [0.717, 1.165) is 17.7 Å². The van der Waals surface area contributed by atoms with Crippen LogP contribution >= 0.6 is 11.6 Å². The molecule has 1 amide bonds. The summed E-state index contributed by atoms with van der Waals surface area (Å²) in [5, 5.41) is 2.67. The number of anilines is 1. The van der Waals surface area contributed by atoms with Crippen LogP contribution < -0.4 is 5.32 Å². The van der Waals surface area contributed by atoms with Gasteiger partial charge in [-0.3, -0.25) is 9.59 Å². The Morgan fingerprint density at radius 1 is 1.35 bits per heavy atom. The van der Waals surface area contributed by atoms with Gasteiger partial charge < -0.3 is 9.88 Å². The molecule has 0 saturated carbocycles. The summed E-state index contributed by atoms with van der Waals surface area (Å²) in [5.74, 6) is -0.778. The van der Waals surface area contributed by atoms with Crippen LogP contribution in [0.4, 0.5) is 10.1 Å². The van der Waals surface area contributed by atoms with Crippen LogP contribution in [0, 0.1) is 12.7 Å². The summed E-state index contributed by atoms with van der Waals surface area (Å²) in [7, 11) is 1.77. The molecule has 0 unspecified atom stereocenters. The summed E-state index contributed by atoms with van der Waals surface area (Å²) in [4.78, 5) is 24.8. The minimum absolute atomic E-state index is 0.0527. The summed E-state index contributed by atoms with van der Waals surface area (Å²) < 4.78 is 15.0. The van der Waals surface area contributed by atoms with Gasteiger partial charge in [-0.15, -0.1) is 0 Å². The molecule has 23 heavy (non-hydrogen) atoms. The lowest BCUT2D eigenvalue weighted by Gasteiger charge is -2.13. The molecule has 1 heterocycles. The van der Waals surface area contributed by atoms with Crippen LogP contribution in [-0.2, 0) is 13.5 Å². The highest BCUT2D eigenvalue weighted by atomic mass is 35.5. The van der Waals surface area contributed by atoms with Gasteiger partial charge in [0.25, 0.3) is 5.91 Å². The van der Waals surface area contributed by atoms with Crippen molar-refractivity contribution in [2.45, 2.75) is 26.2 Å². The second-order valence-electron chi connectivity index (χ2n) is 5.71. The number of aromatic nitrogens is 1. The van der Waals surface area contributed by atoms with Crippen molar-refractivity contribution < 1.29 is 14.0 Å². The number of Topliss-reactive ketones (excluding diaryl/α,β-unsaturated/α-hetero) is 1. The molecule has 0 radical (unpaired) electrons. The molecule has 2 aromatic rings. The van der Waals surface area contributed by atoms with E-state index in [1.54, 1.807) is 11.6 Å². The smallest absolute Gasteiger partial charge is 0.272 e. The number of nitrogens with one attached hydrogen (secondary N) is 1. The number of rotatable bonds is 2. The van der Waals surface area contributed by atoms with Gasteiger partial charge in [0.15, 0.2) is 5.78 Å². The molecule has 1 N–H and O–H groups in total. The van der Waals surface area contributed by atoms with Crippen molar-refractivity contribution in [3.8, 4) is 0 Å². The molecule has 4 nitrogen and oxygen atoms in total. The first kappa shape index (κ1) is 15.7. The first-order valence-corrected chi connectivity index (χ1v) is 7.75. The van der Waals surface area contributed by atoms with Gasteiger partial charge in [-0.05, 0) is 43.5 Å². The first-order valence-electron chi connectivity index (χ1n) is 7.38. The third kappa shape index (κ3) is 2.65. The molecule has 3 rings (SSSR count). The van der Waals surface area contributed by atoms with Crippen LogP contribution in [0.1, 0.15) is 44.9 Å². The first-order chi connectivity index (χ1) is 10.9. The van der Waals surface area contributed by atoms with Crippen molar-refractivity contribution in [1.82, 2.24) is 4.57 Å². The molecule has 1 aliphatic rings. The topological polar surface area (TPSA) is 51.1 Å². The predicted molar refractivity (Wildman–Crippen MR) is 86.8 cm³/mol. The van der Waals surface area contributed by atoms with Crippen LogP contribution in [0.15, 0.2) is 18.2 Å². The zero-order valence-corrected chi connectivity index (χ0v) is 13.6. The van der Waals surface area contributed by atoms with Gasteiger partial charge >= 0.3 is 0 Å². The van der Waals surface area contributed by atoms with E-state index in [1.165, 1.54) is 18.2 Å². The number of nitrogens with zero attached hydrogens (tertiary/aromatic N) is 1. The maximum absolute atomic E-state index is 13.2. The molecule has 1 aromatic carbocycles. The fraction of sp³-hybridized carbons (Fsp3) is 0.294. The molecule has 0 saturated heterocycles. The Hall–Kier alpha value is -2.14. The number of carbonyl (C=O) groups excluding carboxylic acids is 2. The van der Waals surface area contributed by atoms with E-state index in [9.17, 15) is 14.0 Å². The predicted octanol–water partition coefficient (Wildman–Crippen LogP) is 3.90. The summed E-state index contributed by atoms with van der Waals surface area (Å²) in [6.45, 7) is 1.84. The highest BCUT2D eigenvalue weighted by molar-refractivity contribution is 6.31. The van der Waals surface area contributed by atoms with E-state index in [-0.39, 0.29) is 16.7 Å². The lowest BCUT2D eigenvalue weighted by molar-refractivity contribution is 0.0972. The van der Waals surface area contributed by atoms with Crippen LogP contribution in [0.2, 0.25) is 5.02 Å². The average molecular weight is 335 g/mol. The van der Waals surface area contributed by atoms with E-state index >= 15 is 0 Å². The lowest BCUT2D eigenvalue weighted by Crippen LogP contribution is -2.19. The zero-order chi connectivity index (χ0) is 16.7. The van der Waals surface area contributed by atoms with Crippen molar-refractivity contribution in [3.05, 3.63) is 51.6 Å². The molecule has 1 aromatic heterocycles. The molecular formula is C17H16ClFN2O2. The molecule has 6 heteroatoms. The fourth-order valence-electron chi connectivity index (χ4n) is 3.09. The second-order valence-corrected chi connectivity index (χ2v) is 6.11. The number of carbonyl (C=O) groups is 2. The Morgan fingerprint density at radius 3 is 2.78 bits per heavy atom. The van der Waals surface area contributed by atoms with Crippen LogP contribution in [-0.4, -0.2) is 16.3 Å². The molecule has 0 bridgehead atoms. The third-order valence-electron chi connectivity index (χ3n) is 4.29. The van der Waals surface area contributed by atoms with Gasteiger partial charge in [0.1, 0.15) is 11.5 Å². The molecule has 0 aliphatic heterocycles. The number of hydrogen-bond donors (Lipinski definition) is 1. The number of halogens is 2. The van der Waals surface area contributed by atoms with Crippen molar-refractivity contribution in [2.75, 3.05) is 5.32 Å². The summed E-state index contributed by atoms with van der Waals surface area (Å²) in [6.07, 6.45) is 1.97. The molecular weight excluding hydrogens is 319 g/mol. The van der Waals surface area contributed by atoms with Crippen LogP contribution in [0.5, 0.6) is 0 Å². The van der Waals surface area contributed by atoms with Crippen LogP contribution in [0.25, 0.3) is 0 Å². The van der Waals surface area contributed by atoms with E-state index in [2.05, 4.69) is 5.32 Å². The quantitative estimate of drug-likeness (QED) is 0.905. The van der Waals surface area contributed by atoms with Gasteiger partial charge in [-0.25, -0.2) is 4.39 Å². The van der Waals surface area contributed by atoms with Crippen molar-refractivity contribution in [3.63, 3.8) is 0 Å². The molecule has 0 spiro atoms. The van der Waals surface area contributed by atoms with E-state index in [4.69, 9.17) is 11.6 Å². The average Bonchev–Trinajstić information content (AvgIpc) is 2.76. The maximum Gasteiger partial charge on any atom is 0.272 e. The minimum atomic E-state index is -0.539. The molecule has 0 fully saturated rings. The lowest BCUT2D eigenvalue weighted by atomic mass is 9.91. The van der Waals surface area contributed by atoms with Crippen LogP contribution in [0.3, 0.4) is 0 Å². The van der Waals surface area contributed by atoms with Gasteiger partial charge in [-0.2, -0.15) is 0 Å². The Bertz CT molecular complexity index is 826. The molecule has 1 aliphatic carbocycles. The number of hydrogen-bond acceptors (Lipinski definition) is 2. The SMILES string of the molecule is Cc1c2c(c(C(=O)Nc3ccc(F)c(Cl)c3)n1C)CCCC2=O. The van der Waals surface area contributed by atoms with Gasteiger partial charge in [-0.1, -0.05) is 11.6 Å². The zero-order valence-electron chi connectivity index (χ0n) is 12.9. The standard InChI is InChI=1S/C17H16ClFN2O2/c1-9-15-11(4-3-5-14(15)22)16(21(9)2)17(23)20-10-6-7-13(19)12(18)8-10/h6-8H,3-5H2,1-2H3,(H,20,23). The van der Waals surface area contributed by atoms with Crippen molar-refractivity contribution >= 4 is 29.0 Å². The molecule has 120 valence electrons. The minimum Gasteiger partial charge on any atom is -0.343 e. The largest absolute Gasteiger partial charge is 0.343 e. The number of amides is 1. The van der Waals surface area contributed by atoms with E-state index in [0.29, 0.717) is 29.8 Å². The highest BCUT2D eigenvalue weighted by Gasteiger charge is 2.29. The third-order valence-corrected chi connectivity index (χ3v) is 4.58. The Labute approximate surface area is 138 Å². The normalized spacial score (nSPS) is 13.8. The fourth-order valence-corrected chi connectivity index (χ4v) is 3.27. The monoisotopic (exact) mass is 334 g/mol. The Morgan fingerprint density at radius 2 is 2.09 bits per heavy atom. The molecule has 0 atom stereocenters. The van der Waals surface area contributed by atoms with Gasteiger partial charge in [0.05, 0.1) is 5.02 Å². The maximum atomic E-state index is 13.2. The summed E-state index contributed by atoms with van der Waals surface area (Å²) >= 11 is 5.74. The highest BCUT2D eigenvalue weighted by Crippen LogP contribution is 2.30. The van der Waals surface area contributed by atoms with Crippen molar-refractivity contribution in [2.24, 2.45) is 7.05 Å². The Balaban J connectivity index is 1.98. The second kappa shape index (κ2) is 5.81. The summed E-state index contributed by atoms with van der Waals surface area (Å²) in [5.41, 5.74) is 3.15. The van der Waals surface area contributed by atoms with E-state index < -0.39 is 5.82 Å². The van der Waals surface area contributed by atoms with Crippen molar-refractivity contribution in [1.29, 1.82) is 0 Å². The van der Waals surface area contributed by atoms with E-state index in [1.807, 2.05) is 6.92 Å². The van der Waals surface area contributed by atoms with Gasteiger partial charge in [0, 0.05) is 30.4 Å².